The first kappa shape index (κ1) is 24.2. The molecule has 9 heteroatoms. The first-order chi connectivity index (χ1) is 16.2. The van der Waals surface area contributed by atoms with E-state index >= 15 is 0 Å². The lowest BCUT2D eigenvalue weighted by Gasteiger charge is -2.36. The highest BCUT2D eigenvalue weighted by Crippen LogP contribution is 2.24. The summed E-state index contributed by atoms with van der Waals surface area (Å²) in [5.41, 5.74) is 2.21. The van der Waals surface area contributed by atoms with Crippen LogP contribution in [0.5, 0.6) is 0 Å². The van der Waals surface area contributed by atoms with E-state index in [1.807, 2.05) is 17.9 Å². The van der Waals surface area contributed by atoms with Crippen LogP contribution in [-0.4, -0.2) is 69.4 Å². The number of aryl methyl sites for hydroxylation is 2. The Bertz CT molecular complexity index is 1170. The van der Waals surface area contributed by atoms with Crippen LogP contribution in [0.2, 0.25) is 0 Å². The second-order valence-electron chi connectivity index (χ2n) is 8.98. The number of anilines is 1. The van der Waals surface area contributed by atoms with E-state index in [-0.39, 0.29) is 22.6 Å². The van der Waals surface area contributed by atoms with E-state index in [0.717, 1.165) is 18.4 Å². The van der Waals surface area contributed by atoms with E-state index in [9.17, 15) is 18.0 Å². The minimum Gasteiger partial charge on any atom is -0.378 e. The fraction of sp³-hybridized carbons (Fsp3) is 0.440. The molecule has 4 rings (SSSR count). The van der Waals surface area contributed by atoms with Gasteiger partial charge in [0.1, 0.15) is 0 Å². The van der Waals surface area contributed by atoms with E-state index in [1.165, 1.54) is 0 Å². The molecule has 0 aliphatic carbocycles. The number of likely N-dealkylation sites (tertiary alicyclic amines) is 1. The first-order valence-electron chi connectivity index (χ1n) is 11.6. The fourth-order valence-electron chi connectivity index (χ4n) is 4.51. The van der Waals surface area contributed by atoms with Gasteiger partial charge in [-0.1, -0.05) is 18.2 Å². The van der Waals surface area contributed by atoms with Gasteiger partial charge in [0.25, 0.3) is 15.9 Å². The highest BCUT2D eigenvalue weighted by Gasteiger charge is 2.32. The lowest BCUT2D eigenvalue weighted by Crippen LogP contribution is -2.49. The Hall–Kier alpha value is -2.91. The van der Waals surface area contributed by atoms with Crippen LogP contribution < -0.4 is 4.72 Å². The third-order valence-electron chi connectivity index (χ3n) is 6.38. The molecule has 2 fully saturated rings. The smallest absolute Gasteiger partial charge is 0.262 e. The van der Waals surface area contributed by atoms with Gasteiger partial charge >= 0.3 is 0 Å². The molecule has 2 heterocycles. The van der Waals surface area contributed by atoms with Gasteiger partial charge in [-0.25, -0.2) is 8.42 Å². The van der Waals surface area contributed by atoms with Crippen LogP contribution in [0, 0.1) is 19.8 Å². The number of sulfonamides is 1. The molecule has 0 aromatic heterocycles. The molecule has 2 amide bonds. The van der Waals surface area contributed by atoms with Crippen LogP contribution in [-0.2, 0) is 19.6 Å². The Morgan fingerprint density at radius 1 is 1.00 bits per heavy atom. The van der Waals surface area contributed by atoms with E-state index in [2.05, 4.69) is 4.72 Å². The van der Waals surface area contributed by atoms with Crippen molar-refractivity contribution in [3.05, 3.63) is 59.2 Å². The SMILES string of the molecule is Cc1ccc(C)c(S(=O)(=O)Nc2cccc(C(=O)N3CCC[C@H](C(=O)N4CCOCC4)C3)c2)c1. The number of morpholine rings is 1. The molecule has 0 spiro atoms. The van der Waals surface area contributed by atoms with Gasteiger partial charge in [-0.05, 0) is 62.1 Å². The van der Waals surface area contributed by atoms with Crippen molar-refractivity contribution in [2.75, 3.05) is 44.1 Å². The monoisotopic (exact) mass is 485 g/mol. The summed E-state index contributed by atoms with van der Waals surface area (Å²) < 4.78 is 33.9. The van der Waals surface area contributed by atoms with Gasteiger partial charge in [-0.2, -0.15) is 0 Å². The number of hydrogen-bond acceptors (Lipinski definition) is 5. The first-order valence-corrected chi connectivity index (χ1v) is 13.1. The summed E-state index contributed by atoms with van der Waals surface area (Å²) >= 11 is 0. The Morgan fingerprint density at radius 3 is 2.53 bits per heavy atom. The predicted octanol–water partition coefficient (Wildman–Crippen LogP) is 2.82. The fourth-order valence-corrected chi connectivity index (χ4v) is 5.89. The Balaban J connectivity index is 1.47. The molecular weight excluding hydrogens is 454 g/mol. The van der Waals surface area contributed by atoms with E-state index in [4.69, 9.17) is 4.74 Å². The topological polar surface area (TPSA) is 96.0 Å². The average molecular weight is 486 g/mol. The van der Waals surface area contributed by atoms with Crippen molar-refractivity contribution >= 4 is 27.5 Å². The minimum atomic E-state index is -3.80. The molecule has 2 aromatic rings. The van der Waals surface area contributed by atoms with Crippen LogP contribution in [0.4, 0.5) is 5.69 Å². The number of benzene rings is 2. The van der Waals surface area contributed by atoms with Crippen LogP contribution >= 0.6 is 0 Å². The zero-order valence-electron chi connectivity index (χ0n) is 19.6. The third-order valence-corrected chi connectivity index (χ3v) is 7.90. The number of ether oxygens (including phenoxy) is 1. The van der Waals surface area contributed by atoms with Crippen molar-refractivity contribution in [1.82, 2.24) is 9.80 Å². The van der Waals surface area contributed by atoms with Gasteiger partial charge in [0.05, 0.1) is 24.0 Å². The summed E-state index contributed by atoms with van der Waals surface area (Å²) in [5.74, 6) is -0.343. The molecule has 34 heavy (non-hydrogen) atoms. The van der Waals surface area contributed by atoms with Gasteiger partial charge in [0.2, 0.25) is 5.91 Å². The molecule has 0 unspecified atom stereocenters. The van der Waals surface area contributed by atoms with Crippen LogP contribution in [0.25, 0.3) is 0 Å². The van der Waals surface area contributed by atoms with Crippen molar-refractivity contribution in [3.8, 4) is 0 Å². The summed E-state index contributed by atoms with van der Waals surface area (Å²) in [7, 11) is -3.80. The number of nitrogens with one attached hydrogen (secondary N) is 1. The van der Waals surface area contributed by atoms with Crippen molar-refractivity contribution < 1.29 is 22.7 Å². The third kappa shape index (κ3) is 5.42. The highest BCUT2D eigenvalue weighted by molar-refractivity contribution is 7.92. The van der Waals surface area contributed by atoms with Crippen molar-refractivity contribution in [2.24, 2.45) is 5.92 Å². The molecular formula is C25H31N3O5S. The van der Waals surface area contributed by atoms with E-state index in [0.29, 0.717) is 56.2 Å². The van der Waals surface area contributed by atoms with Gasteiger partial charge in [-0.3, -0.25) is 14.3 Å². The molecule has 2 aliphatic rings. The maximum Gasteiger partial charge on any atom is 0.262 e. The number of amides is 2. The summed E-state index contributed by atoms with van der Waals surface area (Å²) in [6.45, 7) is 6.81. The van der Waals surface area contributed by atoms with Gasteiger partial charge < -0.3 is 14.5 Å². The maximum absolute atomic E-state index is 13.2. The average Bonchev–Trinajstić information content (AvgIpc) is 2.85. The quantitative estimate of drug-likeness (QED) is 0.703. The van der Waals surface area contributed by atoms with Crippen LogP contribution in [0.1, 0.15) is 34.3 Å². The number of carbonyl (C=O) groups is 2. The number of nitrogens with zero attached hydrogens (tertiary/aromatic N) is 2. The van der Waals surface area contributed by atoms with Crippen molar-refractivity contribution in [3.63, 3.8) is 0 Å². The zero-order chi connectivity index (χ0) is 24.3. The number of rotatable bonds is 5. The number of carbonyl (C=O) groups excluding carboxylic acids is 2. The number of hydrogen-bond donors (Lipinski definition) is 1. The summed E-state index contributed by atoms with van der Waals surface area (Å²) in [6.07, 6.45) is 1.51. The molecule has 1 N–H and O–H groups in total. The Morgan fingerprint density at radius 2 is 1.76 bits per heavy atom. The summed E-state index contributed by atoms with van der Waals surface area (Å²) in [4.78, 5) is 29.9. The van der Waals surface area contributed by atoms with Crippen molar-refractivity contribution in [1.29, 1.82) is 0 Å². The van der Waals surface area contributed by atoms with Crippen molar-refractivity contribution in [2.45, 2.75) is 31.6 Å². The standard InChI is InChI=1S/C25H31N3O5S/c1-18-8-9-19(2)23(15-18)34(31,32)26-22-7-3-5-20(16-22)24(29)28-10-4-6-21(17-28)25(30)27-11-13-33-14-12-27/h3,5,7-9,15-16,21,26H,4,6,10-14,17H2,1-2H3/t21-/m0/s1. The molecule has 8 nitrogen and oxygen atoms in total. The minimum absolute atomic E-state index is 0.0795. The van der Waals surface area contributed by atoms with Gasteiger partial charge in [-0.15, -0.1) is 0 Å². The lowest BCUT2D eigenvalue weighted by molar-refractivity contribution is -0.141. The molecule has 0 radical (unpaired) electrons. The van der Waals surface area contributed by atoms with Crippen LogP contribution in [0.15, 0.2) is 47.4 Å². The molecule has 182 valence electrons. The normalized spacial score (nSPS) is 19.1. The zero-order valence-corrected chi connectivity index (χ0v) is 20.4. The van der Waals surface area contributed by atoms with Gasteiger partial charge in [0, 0.05) is 37.4 Å². The van der Waals surface area contributed by atoms with Crippen LogP contribution in [0.3, 0.4) is 0 Å². The summed E-state index contributed by atoms with van der Waals surface area (Å²) in [6, 6.07) is 11.8. The predicted molar refractivity (Wildman–Crippen MR) is 129 cm³/mol. The maximum atomic E-state index is 13.2. The molecule has 1 atom stereocenters. The Labute approximate surface area is 200 Å². The lowest BCUT2D eigenvalue weighted by atomic mass is 9.95. The largest absolute Gasteiger partial charge is 0.378 e. The highest BCUT2D eigenvalue weighted by atomic mass is 32.2. The second kappa shape index (κ2) is 10.1. The molecule has 0 bridgehead atoms. The Kier molecular flexibility index (Phi) is 7.23. The summed E-state index contributed by atoms with van der Waals surface area (Å²) in [5, 5.41) is 0. The molecule has 2 aliphatic heterocycles. The number of piperidine rings is 1. The molecule has 2 aromatic carbocycles. The molecule has 2 saturated heterocycles. The van der Waals surface area contributed by atoms with E-state index < -0.39 is 10.0 Å². The van der Waals surface area contributed by atoms with E-state index in [1.54, 1.807) is 48.2 Å². The van der Waals surface area contributed by atoms with Gasteiger partial charge in [0.15, 0.2) is 0 Å². The molecule has 0 saturated carbocycles. The second-order valence-corrected chi connectivity index (χ2v) is 10.6.